The van der Waals surface area contributed by atoms with Crippen molar-refractivity contribution in [3.05, 3.63) is 69.3 Å². The molecule has 2 heterocycles. The van der Waals surface area contributed by atoms with Crippen LogP contribution in [0.4, 0.5) is 0 Å². The van der Waals surface area contributed by atoms with Crippen molar-refractivity contribution in [2.75, 3.05) is 5.75 Å². The summed E-state index contributed by atoms with van der Waals surface area (Å²) in [6, 6.07) is 9.73. The third kappa shape index (κ3) is 4.20. The summed E-state index contributed by atoms with van der Waals surface area (Å²) in [5.74, 6) is 0.0923. The third-order valence-electron chi connectivity index (χ3n) is 4.57. The maximum atomic E-state index is 12.9. The molecule has 3 aromatic rings. The SMILES string of the molecule is C=CCn1c(SCC(=O)N[C@H](C)c2ccccc2)nc2sc(C)c(C)c2c1=O. The number of amides is 1. The van der Waals surface area contributed by atoms with Crippen LogP contribution in [0.15, 0.2) is 52.9 Å². The number of hydrogen-bond donors (Lipinski definition) is 1. The maximum absolute atomic E-state index is 12.9. The molecule has 0 spiro atoms. The van der Waals surface area contributed by atoms with Crippen molar-refractivity contribution in [3.63, 3.8) is 0 Å². The third-order valence-corrected chi connectivity index (χ3v) is 6.65. The Balaban J connectivity index is 1.79. The number of allylic oxidation sites excluding steroid dienone is 1. The molecule has 1 N–H and O–H groups in total. The van der Waals surface area contributed by atoms with Crippen molar-refractivity contribution in [1.29, 1.82) is 0 Å². The normalized spacial score (nSPS) is 12.1. The first-order chi connectivity index (χ1) is 13.4. The number of nitrogens with zero attached hydrogens (tertiary/aromatic N) is 2. The van der Waals surface area contributed by atoms with Gasteiger partial charge < -0.3 is 5.32 Å². The quantitative estimate of drug-likeness (QED) is 0.358. The fourth-order valence-corrected chi connectivity index (χ4v) is 4.84. The Labute approximate surface area is 172 Å². The van der Waals surface area contributed by atoms with Gasteiger partial charge in [-0.05, 0) is 31.9 Å². The molecule has 0 saturated carbocycles. The number of carbonyl (C=O) groups excluding carboxylic acids is 1. The van der Waals surface area contributed by atoms with Gasteiger partial charge >= 0.3 is 0 Å². The summed E-state index contributed by atoms with van der Waals surface area (Å²) in [5, 5.41) is 4.20. The standard InChI is InChI=1S/C21H23N3O2S2/c1-5-11-24-20(26)18-13(2)15(4)28-19(18)23-21(24)27-12-17(25)22-14(3)16-9-7-6-8-10-16/h5-10,14H,1,11-12H2,2-4H3,(H,22,25)/t14-/m1/s1. The van der Waals surface area contributed by atoms with Gasteiger partial charge in [-0.3, -0.25) is 14.2 Å². The fraction of sp³-hybridized carbons (Fsp3) is 0.286. The van der Waals surface area contributed by atoms with E-state index in [0.29, 0.717) is 17.1 Å². The molecule has 0 bridgehead atoms. The molecule has 0 aliphatic heterocycles. The molecule has 1 atom stereocenters. The second kappa shape index (κ2) is 8.75. The van der Waals surface area contributed by atoms with Gasteiger partial charge in [0.25, 0.3) is 5.56 Å². The van der Waals surface area contributed by atoms with Crippen molar-refractivity contribution < 1.29 is 4.79 Å². The van der Waals surface area contributed by atoms with E-state index < -0.39 is 0 Å². The van der Waals surface area contributed by atoms with Crippen LogP contribution in [-0.2, 0) is 11.3 Å². The highest BCUT2D eigenvalue weighted by atomic mass is 32.2. The fourth-order valence-electron chi connectivity index (χ4n) is 2.95. The molecule has 28 heavy (non-hydrogen) atoms. The highest BCUT2D eigenvalue weighted by Crippen LogP contribution is 2.28. The van der Waals surface area contributed by atoms with Gasteiger partial charge in [0, 0.05) is 11.4 Å². The first-order valence-corrected chi connectivity index (χ1v) is 10.8. The van der Waals surface area contributed by atoms with E-state index in [4.69, 9.17) is 0 Å². The first kappa shape index (κ1) is 20.4. The molecule has 5 nitrogen and oxygen atoms in total. The first-order valence-electron chi connectivity index (χ1n) is 9.01. The highest BCUT2D eigenvalue weighted by Gasteiger charge is 2.17. The zero-order valence-electron chi connectivity index (χ0n) is 16.2. The van der Waals surface area contributed by atoms with Gasteiger partial charge in [-0.25, -0.2) is 4.98 Å². The van der Waals surface area contributed by atoms with E-state index in [1.807, 2.05) is 51.1 Å². The minimum absolute atomic E-state index is 0.0766. The van der Waals surface area contributed by atoms with E-state index in [0.717, 1.165) is 20.8 Å². The summed E-state index contributed by atoms with van der Waals surface area (Å²) < 4.78 is 1.59. The Bertz CT molecular complexity index is 1070. The van der Waals surface area contributed by atoms with Crippen LogP contribution in [0.5, 0.6) is 0 Å². The summed E-state index contributed by atoms with van der Waals surface area (Å²) in [6.07, 6.45) is 1.67. The van der Waals surface area contributed by atoms with Crippen LogP contribution >= 0.6 is 23.1 Å². The van der Waals surface area contributed by atoms with Gasteiger partial charge in [0.2, 0.25) is 5.91 Å². The summed E-state index contributed by atoms with van der Waals surface area (Å²) in [6.45, 7) is 9.99. The number of aromatic nitrogens is 2. The number of hydrogen-bond acceptors (Lipinski definition) is 5. The largest absolute Gasteiger partial charge is 0.349 e. The van der Waals surface area contributed by atoms with E-state index in [2.05, 4.69) is 16.9 Å². The smallest absolute Gasteiger partial charge is 0.263 e. The number of aryl methyl sites for hydroxylation is 2. The van der Waals surface area contributed by atoms with Gasteiger partial charge in [0.15, 0.2) is 5.16 Å². The Morgan fingerprint density at radius 1 is 1.36 bits per heavy atom. The molecule has 1 amide bonds. The van der Waals surface area contributed by atoms with E-state index in [-0.39, 0.29) is 23.3 Å². The molecule has 7 heteroatoms. The van der Waals surface area contributed by atoms with E-state index in [1.54, 1.807) is 10.6 Å². The number of fused-ring (bicyclic) bond motifs is 1. The molecular weight excluding hydrogens is 390 g/mol. The lowest BCUT2D eigenvalue weighted by Crippen LogP contribution is -2.29. The van der Waals surface area contributed by atoms with Crippen LogP contribution in [-0.4, -0.2) is 21.2 Å². The number of thiophene rings is 1. The van der Waals surface area contributed by atoms with Gasteiger partial charge in [-0.2, -0.15) is 0 Å². The predicted molar refractivity (Wildman–Crippen MR) is 117 cm³/mol. The number of benzene rings is 1. The Hall–Kier alpha value is -2.38. The summed E-state index contributed by atoms with van der Waals surface area (Å²) in [7, 11) is 0. The number of thioether (sulfide) groups is 1. The average Bonchev–Trinajstić information content (AvgIpc) is 2.97. The summed E-state index contributed by atoms with van der Waals surface area (Å²) >= 11 is 2.79. The van der Waals surface area contributed by atoms with Crippen LogP contribution in [0.25, 0.3) is 10.2 Å². The topological polar surface area (TPSA) is 64.0 Å². The summed E-state index contributed by atoms with van der Waals surface area (Å²) in [4.78, 5) is 31.8. The second-order valence-corrected chi connectivity index (χ2v) is 8.70. The van der Waals surface area contributed by atoms with Gasteiger partial charge in [0.05, 0.1) is 17.2 Å². The van der Waals surface area contributed by atoms with E-state index in [9.17, 15) is 9.59 Å². The molecule has 0 radical (unpaired) electrons. The van der Waals surface area contributed by atoms with Crippen LogP contribution in [0.3, 0.4) is 0 Å². The van der Waals surface area contributed by atoms with Crippen molar-refractivity contribution >= 4 is 39.2 Å². The average molecular weight is 414 g/mol. The zero-order chi connectivity index (χ0) is 20.3. The number of nitrogens with one attached hydrogen (secondary N) is 1. The van der Waals surface area contributed by atoms with Crippen LogP contribution in [0, 0.1) is 13.8 Å². The van der Waals surface area contributed by atoms with Crippen LogP contribution in [0.1, 0.15) is 29.0 Å². The Morgan fingerprint density at radius 2 is 2.07 bits per heavy atom. The number of carbonyl (C=O) groups is 1. The maximum Gasteiger partial charge on any atom is 0.263 e. The lowest BCUT2D eigenvalue weighted by Gasteiger charge is -2.15. The van der Waals surface area contributed by atoms with Crippen LogP contribution in [0.2, 0.25) is 0 Å². The van der Waals surface area contributed by atoms with Crippen LogP contribution < -0.4 is 10.9 Å². The Morgan fingerprint density at radius 3 is 2.75 bits per heavy atom. The molecule has 1 aromatic carbocycles. The zero-order valence-corrected chi connectivity index (χ0v) is 17.8. The van der Waals surface area contributed by atoms with E-state index in [1.165, 1.54) is 23.1 Å². The minimum Gasteiger partial charge on any atom is -0.349 e. The molecule has 3 rings (SSSR count). The molecule has 146 valence electrons. The van der Waals surface area contributed by atoms with Crippen molar-refractivity contribution in [3.8, 4) is 0 Å². The summed E-state index contributed by atoms with van der Waals surface area (Å²) in [5.41, 5.74) is 1.95. The number of rotatable bonds is 7. The lowest BCUT2D eigenvalue weighted by atomic mass is 10.1. The Kier molecular flexibility index (Phi) is 6.36. The monoisotopic (exact) mass is 413 g/mol. The highest BCUT2D eigenvalue weighted by molar-refractivity contribution is 7.99. The molecule has 0 fully saturated rings. The molecule has 0 aliphatic rings. The molecule has 0 unspecified atom stereocenters. The molecule has 2 aromatic heterocycles. The minimum atomic E-state index is -0.0978. The van der Waals surface area contributed by atoms with Crippen molar-refractivity contribution in [2.45, 2.75) is 38.5 Å². The molecule has 0 saturated heterocycles. The van der Waals surface area contributed by atoms with Crippen molar-refractivity contribution in [1.82, 2.24) is 14.9 Å². The predicted octanol–water partition coefficient (Wildman–Crippen LogP) is 4.23. The second-order valence-electron chi connectivity index (χ2n) is 6.55. The lowest BCUT2D eigenvalue weighted by molar-refractivity contribution is -0.119. The van der Waals surface area contributed by atoms with Gasteiger partial charge in [0.1, 0.15) is 4.83 Å². The molecule has 0 aliphatic carbocycles. The van der Waals surface area contributed by atoms with Crippen molar-refractivity contribution in [2.24, 2.45) is 0 Å². The van der Waals surface area contributed by atoms with Gasteiger partial charge in [-0.1, -0.05) is 48.2 Å². The van der Waals surface area contributed by atoms with E-state index >= 15 is 0 Å². The molecular formula is C21H23N3O2S2. The van der Waals surface area contributed by atoms with Gasteiger partial charge in [-0.15, -0.1) is 17.9 Å².